The smallest absolute Gasteiger partial charge is 0.251 e. The van der Waals surface area contributed by atoms with Crippen LogP contribution in [0.4, 0.5) is 5.69 Å². The summed E-state index contributed by atoms with van der Waals surface area (Å²) >= 11 is 1.57. The molecule has 2 amide bonds. The van der Waals surface area contributed by atoms with E-state index in [1.807, 2.05) is 30.5 Å². The van der Waals surface area contributed by atoms with Crippen molar-refractivity contribution in [3.63, 3.8) is 0 Å². The van der Waals surface area contributed by atoms with Gasteiger partial charge in [-0.25, -0.2) is 0 Å². The Labute approximate surface area is 129 Å². The van der Waals surface area contributed by atoms with Gasteiger partial charge in [0.2, 0.25) is 5.91 Å². The fourth-order valence-electron chi connectivity index (χ4n) is 2.25. The molecule has 1 atom stereocenters. The SMILES string of the molecule is CSc1ccccc1NC(=O)CN(C)C(=O)C1CCCO1. The molecule has 1 saturated heterocycles. The quantitative estimate of drug-likeness (QED) is 0.845. The number of hydrogen-bond acceptors (Lipinski definition) is 4. The summed E-state index contributed by atoms with van der Waals surface area (Å²) in [5.41, 5.74) is 0.771. The zero-order valence-corrected chi connectivity index (χ0v) is 13.1. The number of nitrogens with zero attached hydrogens (tertiary/aromatic N) is 1. The van der Waals surface area contributed by atoms with Crippen LogP contribution in [0.3, 0.4) is 0 Å². The number of hydrogen-bond donors (Lipinski definition) is 1. The zero-order valence-electron chi connectivity index (χ0n) is 12.3. The van der Waals surface area contributed by atoms with Crippen molar-refractivity contribution in [2.24, 2.45) is 0 Å². The van der Waals surface area contributed by atoms with Crippen LogP contribution in [-0.4, -0.2) is 49.3 Å². The molecule has 1 N–H and O–H groups in total. The van der Waals surface area contributed by atoms with E-state index >= 15 is 0 Å². The minimum absolute atomic E-state index is 0.0292. The van der Waals surface area contributed by atoms with Crippen LogP contribution in [0.15, 0.2) is 29.2 Å². The number of anilines is 1. The Bertz CT molecular complexity index is 515. The third-order valence-corrected chi connectivity index (χ3v) is 4.14. The van der Waals surface area contributed by atoms with Gasteiger partial charge < -0.3 is 15.0 Å². The lowest BCUT2D eigenvalue weighted by Gasteiger charge is -2.20. The van der Waals surface area contributed by atoms with Gasteiger partial charge in [0.15, 0.2) is 0 Å². The maximum Gasteiger partial charge on any atom is 0.251 e. The van der Waals surface area contributed by atoms with Gasteiger partial charge in [0.05, 0.1) is 12.2 Å². The summed E-state index contributed by atoms with van der Waals surface area (Å²) in [5, 5.41) is 2.84. The van der Waals surface area contributed by atoms with Crippen LogP contribution >= 0.6 is 11.8 Å². The van der Waals surface area contributed by atoms with Crippen LogP contribution in [0.1, 0.15) is 12.8 Å². The molecule has 2 rings (SSSR count). The number of nitrogens with one attached hydrogen (secondary N) is 1. The van der Waals surface area contributed by atoms with Crippen LogP contribution < -0.4 is 5.32 Å². The lowest BCUT2D eigenvalue weighted by molar-refractivity contribution is -0.141. The molecule has 21 heavy (non-hydrogen) atoms. The van der Waals surface area contributed by atoms with E-state index in [0.29, 0.717) is 6.61 Å². The van der Waals surface area contributed by atoms with E-state index in [4.69, 9.17) is 4.74 Å². The first-order valence-corrected chi connectivity index (χ1v) is 8.13. The molecule has 0 aromatic heterocycles. The second-order valence-corrected chi connectivity index (χ2v) is 5.79. The van der Waals surface area contributed by atoms with Gasteiger partial charge in [-0.1, -0.05) is 12.1 Å². The van der Waals surface area contributed by atoms with Crippen LogP contribution in [0.2, 0.25) is 0 Å². The van der Waals surface area contributed by atoms with E-state index in [1.165, 1.54) is 4.90 Å². The van der Waals surface area contributed by atoms with Crippen molar-refractivity contribution in [2.75, 3.05) is 31.8 Å². The molecule has 1 aliphatic rings. The number of para-hydroxylation sites is 1. The van der Waals surface area contributed by atoms with Crippen LogP contribution in [0.5, 0.6) is 0 Å². The van der Waals surface area contributed by atoms with Gasteiger partial charge in [-0.3, -0.25) is 9.59 Å². The summed E-state index contributed by atoms with van der Waals surface area (Å²) in [6, 6.07) is 7.60. The average Bonchev–Trinajstić information content (AvgIpc) is 3.01. The molecule has 0 bridgehead atoms. The molecule has 1 heterocycles. The van der Waals surface area contributed by atoms with E-state index < -0.39 is 0 Å². The molecule has 1 aromatic rings. The molecular formula is C15H20N2O3S. The largest absolute Gasteiger partial charge is 0.368 e. The molecule has 1 aromatic carbocycles. The Morgan fingerprint density at radius 2 is 2.19 bits per heavy atom. The maximum atomic E-state index is 12.1. The molecule has 0 radical (unpaired) electrons. The average molecular weight is 308 g/mol. The Morgan fingerprint density at radius 3 is 2.86 bits per heavy atom. The van der Waals surface area contributed by atoms with Gasteiger partial charge in [-0.05, 0) is 31.2 Å². The summed E-state index contributed by atoms with van der Waals surface area (Å²) in [5.74, 6) is -0.328. The monoisotopic (exact) mass is 308 g/mol. The van der Waals surface area contributed by atoms with Crippen molar-refractivity contribution >= 4 is 29.3 Å². The molecule has 1 aliphatic heterocycles. The van der Waals surface area contributed by atoms with Crippen molar-refractivity contribution in [3.8, 4) is 0 Å². The number of amides is 2. The standard InChI is InChI=1S/C15H20N2O3S/c1-17(15(19)12-7-5-9-20-12)10-14(18)16-11-6-3-4-8-13(11)21-2/h3-4,6,8,12H,5,7,9-10H2,1-2H3,(H,16,18). The van der Waals surface area contributed by atoms with Crippen molar-refractivity contribution in [3.05, 3.63) is 24.3 Å². The van der Waals surface area contributed by atoms with Gasteiger partial charge in [-0.2, -0.15) is 0 Å². The lowest BCUT2D eigenvalue weighted by atomic mass is 10.2. The molecule has 1 fully saturated rings. The summed E-state index contributed by atoms with van der Waals surface area (Å²) in [7, 11) is 1.63. The van der Waals surface area contributed by atoms with E-state index in [2.05, 4.69) is 5.32 Å². The second kappa shape index (κ2) is 7.47. The summed E-state index contributed by atoms with van der Waals surface area (Å²) < 4.78 is 5.35. The van der Waals surface area contributed by atoms with Crippen LogP contribution in [0.25, 0.3) is 0 Å². The molecule has 5 nitrogen and oxygen atoms in total. The Kier molecular flexibility index (Phi) is 5.64. The zero-order chi connectivity index (χ0) is 15.2. The number of benzene rings is 1. The number of carbonyl (C=O) groups is 2. The fourth-order valence-corrected chi connectivity index (χ4v) is 2.80. The van der Waals surface area contributed by atoms with Gasteiger partial charge >= 0.3 is 0 Å². The molecule has 0 spiro atoms. The third kappa shape index (κ3) is 4.22. The van der Waals surface area contributed by atoms with Gasteiger partial charge in [0, 0.05) is 18.6 Å². The minimum atomic E-state index is -0.388. The summed E-state index contributed by atoms with van der Waals surface area (Å²) in [6.45, 7) is 0.652. The highest BCUT2D eigenvalue weighted by atomic mass is 32.2. The first-order chi connectivity index (χ1) is 10.1. The van der Waals surface area contributed by atoms with Gasteiger partial charge in [-0.15, -0.1) is 11.8 Å². The molecule has 0 saturated carbocycles. The first-order valence-electron chi connectivity index (χ1n) is 6.91. The number of likely N-dealkylation sites (N-methyl/N-ethyl adjacent to an activating group) is 1. The fraction of sp³-hybridized carbons (Fsp3) is 0.467. The van der Waals surface area contributed by atoms with E-state index in [1.54, 1.807) is 18.8 Å². The summed E-state index contributed by atoms with van der Waals surface area (Å²) in [6.07, 6.45) is 3.21. The highest BCUT2D eigenvalue weighted by Crippen LogP contribution is 2.24. The van der Waals surface area contributed by atoms with Gasteiger partial charge in [0.1, 0.15) is 6.10 Å². The maximum absolute atomic E-state index is 12.1. The number of carbonyl (C=O) groups excluding carboxylic acids is 2. The summed E-state index contributed by atoms with van der Waals surface area (Å²) in [4.78, 5) is 26.6. The van der Waals surface area contributed by atoms with Crippen molar-refractivity contribution in [2.45, 2.75) is 23.8 Å². The van der Waals surface area contributed by atoms with E-state index in [9.17, 15) is 9.59 Å². The second-order valence-electron chi connectivity index (χ2n) is 4.94. The highest BCUT2D eigenvalue weighted by Gasteiger charge is 2.27. The third-order valence-electron chi connectivity index (χ3n) is 3.34. The van der Waals surface area contributed by atoms with Crippen LogP contribution in [0, 0.1) is 0 Å². The first kappa shape index (κ1) is 15.9. The highest BCUT2D eigenvalue weighted by molar-refractivity contribution is 7.98. The predicted octanol–water partition coefficient (Wildman–Crippen LogP) is 1.98. The normalized spacial score (nSPS) is 17.5. The molecule has 1 unspecified atom stereocenters. The number of thioether (sulfide) groups is 1. The number of rotatable bonds is 5. The van der Waals surface area contributed by atoms with Crippen LogP contribution in [-0.2, 0) is 14.3 Å². The van der Waals surface area contributed by atoms with Crippen molar-refractivity contribution in [1.82, 2.24) is 4.90 Å². The van der Waals surface area contributed by atoms with E-state index in [0.717, 1.165) is 23.4 Å². The van der Waals surface area contributed by atoms with Crippen molar-refractivity contribution in [1.29, 1.82) is 0 Å². The molecule has 6 heteroatoms. The molecule has 114 valence electrons. The molecular weight excluding hydrogens is 288 g/mol. The Morgan fingerprint density at radius 1 is 1.43 bits per heavy atom. The van der Waals surface area contributed by atoms with E-state index in [-0.39, 0.29) is 24.5 Å². The number of ether oxygens (including phenoxy) is 1. The predicted molar refractivity (Wildman–Crippen MR) is 83.5 cm³/mol. The molecule has 0 aliphatic carbocycles. The Balaban J connectivity index is 1.90. The topological polar surface area (TPSA) is 58.6 Å². The van der Waals surface area contributed by atoms with Crippen molar-refractivity contribution < 1.29 is 14.3 Å². The minimum Gasteiger partial charge on any atom is -0.368 e. The Hall–Kier alpha value is -1.53. The van der Waals surface area contributed by atoms with Gasteiger partial charge in [0.25, 0.3) is 5.91 Å². The lowest BCUT2D eigenvalue weighted by Crippen LogP contribution is -2.40.